The van der Waals surface area contributed by atoms with Crippen LogP contribution in [-0.2, 0) is 28.7 Å². The van der Waals surface area contributed by atoms with E-state index in [9.17, 15) is 19.2 Å². The molecule has 0 heterocycles. The van der Waals surface area contributed by atoms with Crippen LogP contribution >= 0.6 is 43.2 Å². The van der Waals surface area contributed by atoms with E-state index in [4.69, 9.17) is 9.47 Å². The van der Waals surface area contributed by atoms with Crippen LogP contribution in [0.1, 0.15) is 175 Å². The fourth-order valence-corrected chi connectivity index (χ4v) is 7.81. The Kier molecular flexibility index (Phi) is 45.9. The summed E-state index contributed by atoms with van der Waals surface area (Å²) in [6.45, 7) is 34.0. The SMILES string of the molecule is CC(C)OCCCC(=O)C(C)C.CC(C)OCCCCC(=O)C(C)C.CC(C)SSCCCC(=O)C(C)C.CC(C)SSCCCCC(=O)C(C)C. The van der Waals surface area contributed by atoms with Gasteiger partial charge in [-0.1, -0.05) is 126 Å². The Balaban J connectivity index is -0.000000296. The van der Waals surface area contributed by atoms with Gasteiger partial charge in [-0.2, -0.15) is 0 Å². The second-order valence-corrected chi connectivity index (χ2v) is 21.5. The first kappa shape index (κ1) is 58.7. The first-order valence-electron chi connectivity index (χ1n) is 20.1. The lowest BCUT2D eigenvalue weighted by atomic mass is 10.0. The molecule has 0 atom stereocenters. The average Bonchev–Trinajstić information content (AvgIpc) is 3.04. The third-order valence-electron chi connectivity index (χ3n) is 6.94. The zero-order valence-corrected chi connectivity index (χ0v) is 39.9. The smallest absolute Gasteiger partial charge is 0.135 e. The number of Topliss-reactive ketones (excluding diaryl/α,β-unsaturated/α-hetero) is 4. The topological polar surface area (TPSA) is 86.7 Å². The molecule has 10 heteroatoms. The van der Waals surface area contributed by atoms with Crippen molar-refractivity contribution in [2.75, 3.05) is 24.7 Å². The van der Waals surface area contributed by atoms with Gasteiger partial charge in [0.25, 0.3) is 0 Å². The number of ketones is 4. The summed E-state index contributed by atoms with van der Waals surface area (Å²) in [5.41, 5.74) is 0. The van der Waals surface area contributed by atoms with Crippen molar-refractivity contribution in [3.8, 4) is 0 Å². The zero-order chi connectivity index (χ0) is 41.1. The minimum absolute atomic E-state index is 0.170. The van der Waals surface area contributed by atoms with Crippen molar-refractivity contribution in [3.05, 3.63) is 0 Å². The minimum Gasteiger partial charge on any atom is -0.379 e. The average molecular weight is 813 g/mol. The highest BCUT2D eigenvalue weighted by atomic mass is 33.1. The van der Waals surface area contributed by atoms with Crippen LogP contribution in [0.25, 0.3) is 0 Å². The van der Waals surface area contributed by atoms with Crippen molar-refractivity contribution in [1.29, 1.82) is 0 Å². The molecule has 52 heavy (non-hydrogen) atoms. The molecule has 0 spiro atoms. The Morgan fingerprint density at radius 2 is 0.673 bits per heavy atom. The van der Waals surface area contributed by atoms with Crippen molar-refractivity contribution in [1.82, 2.24) is 0 Å². The van der Waals surface area contributed by atoms with Crippen LogP contribution in [0.2, 0.25) is 0 Å². The predicted octanol–water partition coefficient (Wildman–Crippen LogP) is 13.2. The molecular formula is C42H84O6S4. The molecule has 312 valence electrons. The Morgan fingerprint density at radius 1 is 0.385 bits per heavy atom. The number of rotatable bonds is 28. The van der Waals surface area contributed by atoms with Crippen molar-refractivity contribution in [2.24, 2.45) is 23.7 Å². The molecule has 0 aliphatic rings. The number of unbranched alkanes of at least 4 members (excludes halogenated alkanes) is 2. The maximum Gasteiger partial charge on any atom is 0.135 e. The molecule has 0 unspecified atom stereocenters. The van der Waals surface area contributed by atoms with Crippen LogP contribution in [0.5, 0.6) is 0 Å². The van der Waals surface area contributed by atoms with Crippen molar-refractivity contribution in [2.45, 2.75) is 198 Å². The normalized spacial score (nSPS) is 11.2. The molecule has 0 N–H and O–H groups in total. The van der Waals surface area contributed by atoms with Crippen molar-refractivity contribution in [3.63, 3.8) is 0 Å². The highest BCUT2D eigenvalue weighted by molar-refractivity contribution is 8.77. The van der Waals surface area contributed by atoms with Gasteiger partial charge >= 0.3 is 0 Å². The molecule has 0 aromatic heterocycles. The van der Waals surface area contributed by atoms with Gasteiger partial charge in [0.2, 0.25) is 0 Å². The Labute approximate surface area is 339 Å². The van der Waals surface area contributed by atoms with Gasteiger partial charge in [-0.3, -0.25) is 19.2 Å². The van der Waals surface area contributed by atoms with E-state index in [1.807, 2.05) is 126 Å². The number of hydrogen-bond acceptors (Lipinski definition) is 10. The lowest BCUT2D eigenvalue weighted by Gasteiger charge is -2.07. The lowest BCUT2D eigenvalue weighted by Crippen LogP contribution is -2.09. The van der Waals surface area contributed by atoms with Gasteiger partial charge in [0.15, 0.2) is 0 Å². The van der Waals surface area contributed by atoms with E-state index < -0.39 is 0 Å². The van der Waals surface area contributed by atoms with E-state index in [0.717, 1.165) is 57.3 Å². The van der Waals surface area contributed by atoms with Crippen LogP contribution < -0.4 is 0 Å². The molecule has 0 saturated carbocycles. The van der Waals surface area contributed by atoms with E-state index in [0.29, 0.717) is 59.2 Å². The summed E-state index contributed by atoms with van der Waals surface area (Å²) in [5, 5.41) is 1.39. The molecule has 0 bridgehead atoms. The molecule has 0 fully saturated rings. The molecule has 0 rings (SSSR count). The van der Waals surface area contributed by atoms with Crippen LogP contribution in [-0.4, -0.2) is 70.6 Å². The van der Waals surface area contributed by atoms with Gasteiger partial charge in [-0.05, 0) is 66.2 Å². The minimum atomic E-state index is 0.170. The van der Waals surface area contributed by atoms with E-state index >= 15 is 0 Å². The molecule has 0 aromatic rings. The molecule has 6 nitrogen and oxygen atoms in total. The van der Waals surface area contributed by atoms with Crippen LogP contribution in [0.4, 0.5) is 0 Å². The maximum absolute atomic E-state index is 11.3. The summed E-state index contributed by atoms with van der Waals surface area (Å²) in [5.74, 6) is 4.56. The number of carbonyl (C=O) groups excluding carboxylic acids is 4. The first-order chi connectivity index (χ1) is 24.1. The van der Waals surface area contributed by atoms with Gasteiger partial charge in [0.1, 0.15) is 23.1 Å². The highest BCUT2D eigenvalue weighted by Crippen LogP contribution is 2.28. The van der Waals surface area contributed by atoms with Crippen LogP contribution in [0.3, 0.4) is 0 Å². The monoisotopic (exact) mass is 813 g/mol. The largest absolute Gasteiger partial charge is 0.379 e. The van der Waals surface area contributed by atoms with Gasteiger partial charge in [-0.15, -0.1) is 0 Å². The summed E-state index contributed by atoms with van der Waals surface area (Å²) in [7, 11) is 7.63. The summed E-state index contributed by atoms with van der Waals surface area (Å²) < 4.78 is 10.7. The lowest BCUT2D eigenvalue weighted by molar-refractivity contribution is -0.123. The molecule has 0 amide bonds. The second-order valence-electron chi connectivity index (χ2n) is 15.4. The van der Waals surface area contributed by atoms with Crippen molar-refractivity contribution < 1.29 is 28.7 Å². The molecule has 0 aliphatic carbocycles. The van der Waals surface area contributed by atoms with Crippen LogP contribution in [0, 0.1) is 23.7 Å². The second kappa shape index (κ2) is 40.7. The standard InChI is InChI=1S/C11H22O2.C11H22OS2.C10H20O2.C10H20OS2/c1-9(2)11(12)7-5-6-8-13-10(3)4;1-9(2)11(12)7-5-6-8-13-14-10(3)4;1-8(2)10(11)6-5-7-12-9(3)4;1-8(2)10(11)6-5-7-12-13-9(3)4/h9-10H,5-8H2,1-4H3;9-10H,5-8H2,1-4H3;8-9H,5-7H2,1-4H3;8-9H,5-7H2,1-4H3. The van der Waals surface area contributed by atoms with E-state index in [1.54, 1.807) is 0 Å². The number of ether oxygens (including phenoxy) is 2. The first-order valence-corrected chi connectivity index (χ1v) is 24.8. The fourth-order valence-electron chi connectivity index (χ4n) is 3.57. The van der Waals surface area contributed by atoms with Gasteiger partial charge in [0, 0.05) is 84.6 Å². The predicted molar refractivity (Wildman–Crippen MR) is 238 cm³/mol. The quantitative estimate of drug-likeness (QED) is 0.0562. The summed E-state index contributed by atoms with van der Waals surface area (Å²) in [6.07, 6.45) is 9.54. The molecule has 0 aromatic carbocycles. The molecular weight excluding hydrogens is 729 g/mol. The van der Waals surface area contributed by atoms with Gasteiger partial charge in [0.05, 0.1) is 12.2 Å². The van der Waals surface area contributed by atoms with E-state index in [1.165, 1.54) is 12.2 Å². The van der Waals surface area contributed by atoms with Crippen molar-refractivity contribution >= 4 is 66.3 Å². The summed E-state index contributed by atoms with van der Waals surface area (Å²) >= 11 is 0. The Bertz CT molecular complexity index is 808. The number of carbonyl (C=O) groups is 4. The third-order valence-corrected chi connectivity index (χ3v) is 13.0. The molecule has 0 aliphatic heterocycles. The van der Waals surface area contributed by atoms with E-state index in [2.05, 4.69) is 27.7 Å². The van der Waals surface area contributed by atoms with E-state index in [-0.39, 0.29) is 29.8 Å². The Morgan fingerprint density at radius 3 is 1.00 bits per heavy atom. The van der Waals surface area contributed by atoms with Gasteiger partial charge < -0.3 is 9.47 Å². The zero-order valence-electron chi connectivity index (χ0n) is 36.6. The fraction of sp³-hybridized carbons (Fsp3) is 0.905. The third kappa shape index (κ3) is 52.1. The van der Waals surface area contributed by atoms with Gasteiger partial charge in [-0.25, -0.2) is 0 Å². The maximum atomic E-state index is 11.3. The molecule has 0 radical (unpaired) electrons. The Hall–Kier alpha value is -0.000000000000000111. The highest BCUT2D eigenvalue weighted by Gasteiger charge is 2.08. The molecule has 0 saturated heterocycles. The summed E-state index contributed by atoms with van der Waals surface area (Å²) in [6, 6.07) is 0. The number of hydrogen-bond donors (Lipinski definition) is 0. The van der Waals surface area contributed by atoms with Crippen LogP contribution in [0.15, 0.2) is 0 Å². The summed E-state index contributed by atoms with van der Waals surface area (Å²) in [4.78, 5) is 44.8.